The molecule has 0 aliphatic carbocycles. The molecule has 2 N–H and O–H groups in total. The molecule has 0 unspecified atom stereocenters. The predicted molar refractivity (Wildman–Crippen MR) is 89.4 cm³/mol. The lowest BCUT2D eigenvalue weighted by Gasteiger charge is -2.22. The largest absolute Gasteiger partial charge is 0.492 e. The van der Waals surface area contributed by atoms with E-state index in [4.69, 9.17) is 14.8 Å². The van der Waals surface area contributed by atoms with Crippen molar-refractivity contribution in [2.45, 2.75) is 25.0 Å². The van der Waals surface area contributed by atoms with Crippen LogP contribution in [-0.4, -0.2) is 58.8 Å². The summed E-state index contributed by atoms with van der Waals surface area (Å²) in [7, 11) is -1.45. The van der Waals surface area contributed by atoms with Crippen LogP contribution in [0.25, 0.3) is 0 Å². The summed E-state index contributed by atoms with van der Waals surface area (Å²) in [6.07, 6.45) is 1.20. The maximum atomic E-state index is 9.15. The van der Waals surface area contributed by atoms with Gasteiger partial charge in [0.25, 0.3) is 0 Å². The molecule has 1 aromatic rings. The summed E-state index contributed by atoms with van der Waals surface area (Å²) in [6.45, 7) is 8.36. The Morgan fingerprint density at radius 1 is 1.33 bits per heavy atom. The topological polar surface area (TPSA) is 52.9 Å². The number of nitrogens with zero attached hydrogens (tertiary/aromatic N) is 1. The third-order valence-corrected chi connectivity index (χ3v) is 5.14. The van der Waals surface area contributed by atoms with E-state index in [1.165, 1.54) is 12.2 Å². The van der Waals surface area contributed by atoms with Crippen LogP contribution in [0.2, 0.25) is 0 Å². The lowest BCUT2D eigenvalue weighted by molar-refractivity contribution is 0.214. The minimum atomic E-state index is -1.45. The van der Waals surface area contributed by atoms with Crippen LogP contribution in [0.1, 0.15) is 20.3 Å². The minimum Gasteiger partial charge on any atom is -0.492 e. The first kappa shape index (κ1) is 16.7. The van der Waals surface area contributed by atoms with E-state index in [1.807, 2.05) is 17.8 Å². The van der Waals surface area contributed by atoms with Gasteiger partial charge >= 0.3 is 7.12 Å². The molecule has 1 aliphatic rings. The fraction of sp³-hybridized carbons (Fsp3) is 0.600. The highest BCUT2D eigenvalue weighted by Gasteiger charge is 2.23. The van der Waals surface area contributed by atoms with E-state index in [2.05, 4.69) is 18.7 Å². The zero-order valence-corrected chi connectivity index (χ0v) is 13.6. The van der Waals surface area contributed by atoms with Crippen molar-refractivity contribution in [2.75, 3.05) is 32.0 Å². The molecule has 1 saturated heterocycles. The first-order chi connectivity index (χ1) is 9.96. The van der Waals surface area contributed by atoms with Gasteiger partial charge in [0.2, 0.25) is 0 Å². The molecular formula is C15H24BNO3S. The van der Waals surface area contributed by atoms with Gasteiger partial charge in [0, 0.05) is 23.6 Å². The lowest BCUT2D eigenvalue weighted by atomic mass is 9.80. The highest BCUT2D eigenvalue weighted by atomic mass is 32.2. The molecule has 0 bridgehead atoms. The molecule has 0 atom stereocenters. The summed E-state index contributed by atoms with van der Waals surface area (Å²) in [5.41, 5.74) is 0.459. The van der Waals surface area contributed by atoms with Crippen molar-refractivity contribution in [3.63, 3.8) is 0 Å². The summed E-state index contributed by atoms with van der Waals surface area (Å²) in [5, 5.41) is 18.3. The zero-order valence-electron chi connectivity index (χ0n) is 12.8. The van der Waals surface area contributed by atoms with Gasteiger partial charge in [-0.1, -0.05) is 26.0 Å². The quantitative estimate of drug-likeness (QED) is 0.794. The predicted octanol–water partition coefficient (Wildman–Crippen LogP) is 0.963. The summed E-state index contributed by atoms with van der Waals surface area (Å²) >= 11 is 2.04. The van der Waals surface area contributed by atoms with Crippen molar-refractivity contribution in [2.24, 2.45) is 0 Å². The second-order valence-corrected chi connectivity index (χ2v) is 7.80. The molecule has 116 valence electrons. The minimum absolute atomic E-state index is 0.376. The average molecular weight is 309 g/mol. The molecule has 6 heteroatoms. The highest BCUT2D eigenvalue weighted by molar-refractivity contribution is 8.00. The Morgan fingerprint density at radius 2 is 2.14 bits per heavy atom. The monoisotopic (exact) mass is 309 g/mol. The standard InChI is InChI=1S/C15H24BNO3S/c1-15(2)6-7-17(9-11-21-15)8-10-20-14-5-3-4-13(12-14)16(18)19/h3-5,12,18-19H,6-11H2,1-2H3. The fourth-order valence-corrected chi connectivity index (χ4v) is 3.48. The molecule has 4 nitrogen and oxygen atoms in total. The van der Waals surface area contributed by atoms with Crippen LogP contribution in [-0.2, 0) is 0 Å². The van der Waals surface area contributed by atoms with Gasteiger partial charge in [-0.3, -0.25) is 4.90 Å². The Balaban J connectivity index is 1.78. The molecule has 0 spiro atoms. The Hall–Kier alpha value is -0.685. The van der Waals surface area contributed by atoms with Gasteiger partial charge in [-0.15, -0.1) is 0 Å². The molecule has 1 heterocycles. The van der Waals surface area contributed by atoms with Crippen LogP contribution in [0.5, 0.6) is 5.75 Å². The van der Waals surface area contributed by atoms with E-state index in [1.54, 1.807) is 18.2 Å². The van der Waals surface area contributed by atoms with Gasteiger partial charge in [0.15, 0.2) is 0 Å². The molecule has 0 aromatic heterocycles. The van der Waals surface area contributed by atoms with E-state index in [0.717, 1.165) is 19.6 Å². The Kier molecular flexibility index (Phi) is 5.99. The second kappa shape index (κ2) is 7.54. The van der Waals surface area contributed by atoms with E-state index < -0.39 is 7.12 Å². The first-order valence-corrected chi connectivity index (χ1v) is 8.40. The van der Waals surface area contributed by atoms with Crippen molar-refractivity contribution < 1.29 is 14.8 Å². The van der Waals surface area contributed by atoms with E-state index in [0.29, 0.717) is 22.6 Å². The molecule has 1 aliphatic heterocycles. The van der Waals surface area contributed by atoms with Crippen LogP contribution < -0.4 is 10.2 Å². The summed E-state index contributed by atoms with van der Waals surface area (Å²) in [4.78, 5) is 2.44. The maximum absolute atomic E-state index is 9.15. The van der Waals surface area contributed by atoms with Gasteiger partial charge < -0.3 is 14.8 Å². The van der Waals surface area contributed by atoms with Crippen molar-refractivity contribution in [3.05, 3.63) is 24.3 Å². The Morgan fingerprint density at radius 3 is 2.90 bits per heavy atom. The van der Waals surface area contributed by atoms with E-state index in [9.17, 15) is 0 Å². The number of thioether (sulfide) groups is 1. The average Bonchev–Trinajstić information content (AvgIpc) is 2.60. The molecule has 0 radical (unpaired) electrons. The molecule has 0 saturated carbocycles. The third-order valence-electron chi connectivity index (χ3n) is 3.76. The van der Waals surface area contributed by atoms with Crippen LogP contribution in [0, 0.1) is 0 Å². The lowest BCUT2D eigenvalue weighted by Crippen LogP contribution is -2.32. The zero-order chi connectivity index (χ0) is 15.3. The van der Waals surface area contributed by atoms with Crippen molar-refractivity contribution in [3.8, 4) is 5.75 Å². The number of ether oxygens (including phenoxy) is 1. The van der Waals surface area contributed by atoms with E-state index >= 15 is 0 Å². The summed E-state index contributed by atoms with van der Waals surface area (Å²) in [6, 6.07) is 6.96. The van der Waals surface area contributed by atoms with Crippen LogP contribution >= 0.6 is 11.8 Å². The van der Waals surface area contributed by atoms with Gasteiger partial charge in [-0.25, -0.2) is 0 Å². The molecule has 1 aromatic carbocycles. The number of hydrogen-bond donors (Lipinski definition) is 2. The van der Waals surface area contributed by atoms with Gasteiger partial charge in [0.05, 0.1) is 0 Å². The Bertz CT molecular complexity index is 456. The summed E-state index contributed by atoms with van der Waals surface area (Å²) in [5.74, 6) is 1.85. The molecule has 21 heavy (non-hydrogen) atoms. The van der Waals surface area contributed by atoms with Gasteiger partial charge in [-0.2, -0.15) is 11.8 Å². The van der Waals surface area contributed by atoms with Crippen molar-refractivity contribution >= 4 is 24.3 Å². The van der Waals surface area contributed by atoms with E-state index in [-0.39, 0.29) is 0 Å². The summed E-state index contributed by atoms with van der Waals surface area (Å²) < 4.78 is 6.10. The second-order valence-electron chi connectivity index (χ2n) is 5.99. The first-order valence-electron chi connectivity index (χ1n) is 7.41. The van der Waals surface area contributed by atoms with Crippen LogP contribution in [0.15, 0.2) is 24.3 Å². The molecule has 1 fully saturated rings. The Labute approximate surface area is 131 Å². The van der Waals surface area contributed by atoms with Crippen molar-refractivity contribution in [1.29, 1.82) is 0 Å². The third kappa shape index (κ3) is 5.55. The highest BCUT2D eigenvalue weighted by Crippen LogP contribution is 2.30. The SMILES string of the molecule is CC1(C)CCN(CCOc2cccc(B(O)O)c2)CCS1. The molecule has 0 amide bonds. The van der Waals surface area contributed by atoms with Crippen LogP contribution in [0.4, 0.5) is 0 Å². The van der Waals surface area contributed by atoms with Gasteiger partial charge in [0.1, 0.15) is 12.4 Å². The number of rotatable bonds is 5. The number of hydrogen-bond acceptors (Lipinski definition) is 5. The fourth-order valence-electron chi connectivity index (χ4n) is 2.34. The smallest absolute Gasteiger partial charge is 0.488 e. The number of benzene rings is 1. The van der Waals surface area contributed by atoms with Crippen molar-refractivity contribution in [1.82, 2.24) is 4.90 Å². The van der Waals surface area contributed by atoms with Crippen LogP contribution in [0.3, 0.4) is 0 Å². The normalized spacial score (nSPS) is 19.0. The maximum Gasteiger partial charge on any atom is 0.488 e. The molecular weight excluding hydrogens is 285 g/mol. The molecule has 2 rings (SSSR count). The van der Waals surface area contributed by atoms with Gasteiger partial charge in [-0.05, 0) is 30.6 Å².